The van der Waals surface area contributed by atoms with Gasteiger partial charge in [-0.05, 0) is 12.1 Å². The molecule has 1 aromatic carbocycles. The molecule has 8 heteroatoms. The molecule has 2 heterocycles. The van der Waals surface area contributed by atoms with Crippen LogP contribution < -0.4 is 4.90 Å². The number of nitrogens with zero attached hydrogens (tertiary/aromatic N) is 3. The SMILES string of the molecule is CN(C)c1cccc2c1C(=O)N(C1CCON(CCO)O1)C2=O. The number of aliphatic hydroxyl groups excluding tert-OH is 1. The van der Waals surface area contributed by atoms with E-state index in [0.717, 1.165) is 10.1 Å². The van der Waals surface area contributed by atoms with Crippen LogP contribution in [-0.4, -0.2) is 67.1 Å². The number of hydrogen-bond acceptors (Lipinski definition) is 7. The molecule has 1 aromatic rings. The topological polar surface area (TPSA) is 82.6 Å². The zero-order chi connectivity index (χ0) is 16.6. The zero-order valence-electron chi connectivity index (χ0n) is 13.1. The van der Waals surface area contributed by atoms with Gasteiger partial charge in [0.25, 0.3) is 11.8 Å². The van der Waals surface area contributed by atoms with E-state index in [-0.39, 0.29) is 25.0 Å². The van der Waals surface area contributed by atoms with Crippen LogP contribution in [0.3, 0.4) is 0 Å². The smallest absolute Gasteiger partial charge is 0.265 e. The summed E-state index contributed by atoms with van der Waals surface area (Å²) in [7, 11) is 3.65. The molecule has 0 radical (unpaired) electrons. The number of hydrogen-bond donors (Lipinski definition) is 1. The van der Waals surface area contributed by atoms with E-state index in [9.17, 15) is 9.59 Å². The number of hydroxylamine groups is 2. The molecule has 0 aromatic heterocycles. The van der Waals surface area contributed by atoms with E-state index in [1.54, 1.807) is 23.1 Å². The molecule has 0 saturated carbocycles. The zero-order valence-corrected chi connectivity index (χ0v) is 13.1. The van der Waals surface area contributed by atoms with Crippen molar-refractivity contribution in [3.05, 3.63) is 29.3 Å². The molecule has 0 spiro atoms. The van der Waals surface area contributed by atoms with Gasteiger partial charge in [-0.15, -0.1) is 0 Å². The van der Waals surface area contributed by atoms with E-state index in [2.05, 4.69) is 0 Å². The van der Waals surface area contributed by atoms with Crippen LogP contribution in [0.1, 0.15) is 27.1 Å². The summed E-state index contributed by atoms with van der Waals surface area (Å²) >= 11 is 0. The van der Waals surface area contributed by atoms with E-state index >= 15 is 0 Å². The first-order valence-corrected chi connectivity index (χ1v) is 7.41. The van der Waals surface area contributed by atoms with Crippen LogP contribution in [0.4, 0.5) is 5.69 Å². The number of imide groups is 1. The van der Waals surface area contributed by atoms with Crippen molar-refractivity contribution in [2.45, 2.75) is 12.6 Å². The third-order valence-corrected chi connectivity index (χ3v) is 3.82. The van der Waals surface area contributed by atoms with E-state index in [0.29, 0.717) is 29.8 Å². The van der Waals surface area contributed by atoms with E-state index in [4.69, 9.17) is 14.8 Å². The maximum absolute atomic E-state index is 12.8. The van der Waals surface area contributed by atoms with Crippen molar-refractivity contribution in [1.29, 1.82) is 0 Å². The third kappa shape index (κ3) is 2.70. The normalized spacial score (nSPS) is 21.7. The Morgan fingerprint density at radius 3 is 2.78 bits per heavy atom. The monoisotopic (exact) mass is 321 g/mol. The van der Waals surface area contributed by atoms with Crippen LogP contribution >= 0.6 is 0 Å². The maximum Gasteiger partial charge on any atom is 0.265 e. The van der Waals surface area contributed by atoms with Crippen molar-refractivity contribution in [3.8, 4) is 0 Å². The number of amides is 2. The molecule has 124 valence electrons. The van der Waals surface area contributed by atoms with Gasteiger partial charge in [0.2, 0.25) is 0 Å². The molecule has 0 bridgehead atoms. The van der Waals surface area contributed by atoms with Crippen molar-refractivity contribution in [2.75, 3.05) is 38.8 Å². The van der Waals surface area contributed by atoms with E-state index < -0.39 is 6.23 Å². The molecule has 1 unspecified atom stereocenters. The number of anilines is 1. The van der Waals surface area contributed by atoms with Crippen molar-refractivity contribution in [1.82, 2.24) is 10.1 Å². The quantitative estimate of drug-likeness (QED) is 0.795. The van der Waals surface area contributed by atoms with Crippen molar-refractivity contribution < 1.29 is 24.4 Å². The first kappa shape index (κ1) is 15.9. The third-order valence-electron chi connectivity index (χ3n) is 3.82. The van der Waals surface area contributed by atoms with Gasteiger partial charge in [0.1, 0.15) is 0 Å². The highest BCUT2D eigenvalue weighted by Gasteiger charge is 2.44. The predicted octanol–water partition coefficient (Wildman–Crippen LogP) is 0.236. The van der Waals surface area contributed by atoms with Crippen molar-refractivity contribution in [2.24, 2.45) is 0 Å². The standard InChI is InChI=1S/C15H19N3O5/c1-16(2)11-5-3-4-10-13(11)15(21)18(14(10)20)12-6-9-22-17(23-12)7-8-19/h3-5,12,19H,6-9H2,1-2H3. The molecule has 2 amide bonds. The summed E-state index contributed by atoms with van der Waals surface area (Å²) in [5, 5.41) is 10.1. The maximum atomic E-state index is 12.8. The highest BCUT2D eigenvalue weighted by Crippen LogP contribution is 2.33. The fourth-order valence-corrected chi connectivity index (χ4v) is 2.77. The number of benzene rings is 1. The number of rotatable bonds is 4. The number of aliphatic hydroxyl groups is 1. The van der Waals surface area contributed by atoms with Gasteiger partial charge in [-0.2, -0.15) is 0 Å². The Kier molecular flexibility index (Phi) is 4.31. The molecular formula is C15H19N3O5. The number of carbonyl (C=O) groups is 2. The van der Waals surface area contributed by atoms with Crippen LogP contribution in [0, 0.1) is 0 Å². The number of fused-ring (bicyclic) bond motifs is 1. The summed E-state index contributed by atoms with van der Waals surface area (Å²) in [6.07, 6.45) is -0.359. The van der Waals surface area contributed by atoms with Crippen LogP contribution in [0.5, 0.6) is 0 Å². The Hall–Kier alpha value is -2.00. The first-order valence-electron chi connectivity index (χ1n) is 7.41. The molecule has 3 rings (SSSR count). The summed E-state index contributed by atoms with van der Waals surface area (Å²) in [5.41, 5.74) is 1.47. The Morgan fingerprint density at radius 1 is 1.30 bits per heavy atom. The highest BCUT2D eigenvalue weighted by atomic mass is 17.0. The average Bonchev–Trinajstić information content (AvgIpc) is 2.79. The first-order chi connectivity index (χ1) is 11.0. The Morgan fingerprint density at radius 2 is 2.09 bits per heavy atom. The fraction of sp³-hybridized carbons (Fsp3) is 0.467. The second-order valence-corrected chi connectivity index (χ2v) is 5.54. The molecule has 1 atom stereocenters. The lowest BCUT2D eigenvalue weighted by atomic mass is 10.1. The number of β-amino-alcohol motifs (C(OH)–C–C–N with tert-alkyl or cyclic N) is 1. The molecule has 1 N–H and O–H groups in total. The minimum absolute atomic E-state index is 0.141. The lowest BCUT2D eigenvalue weighted by Gasteiger charge is -2.34. The molecule has 23 heavy (non-hydrogen) atoms. The summed E-state index contributed by atoms with van der Waals surface area (Å²) in [6.45, 7) is 0.293. The summed E-state index contributed by atoms with van der Waals surface area (Å²) in [6, 6.07) is 5.20. The van der Waals surface area contributed by atoms with Gasteiger partial charge in [0.15, 0.2) is 6.23 Å². The molecule has 2 aliphatic rings. The van der Waals surface area contributed by atoms with Gasteiger partial charge < -0.3 is 10.0 Å². The van der Waals surface area contributed by atoms with Crippen LogP contribution in [0.25, 0.3) is 0 Å². The van der Waals surface area contributed by atoms with Crippen LogP contribution in [0.15, 0.2) is 18.2 Å². The van der Waals surface area contributed by atoms with Gasteiger partial charge in [0.05, 0.1) is 30.9 Å². The lowest BCUT2D eigenvalue weighted by molar-refractivity contribution is -0.425. The predicted molar refractivity (Wildman–Crippen MR) is 80.5 cm³/mol. The second kappa shape index (κ2) is 6.25. The molecule has 2 aliphatic heterocycles. The van der Waals surface area contributed by atoms with Crippen LogP contribution in [0.2, 0.25) is 0 Å². The average molecular weight is 321 g/mol. The summed E-state index contributed by atoms with van der Waals surface area (Å²) in [4.78, 5) is 39.1. The molecule has 8 nitrogen and oxygen atoms in total. The minimum atomic E-state index is -0.738. The Balaban J connectivity index is 1.90. The Labute approximate surface area is 133 Å². The van der Waals surface area contributed by atoms with Crippen molar-refractivity contribution in [3.63, 3.8) is 0 Å². The van der Waals surface area contributed by atoms with E-state index in [1.807, 2.05) is 14.1 Å². The van der Waals surface area contributed by atoms with Gasteiger partial charge in [0, 0.05) is 26.2 Å². The lowest BCUT2D eigenvalue weighted by Crippen LogP contribution is -2.49. The van der Waals surface area contributed by atoms with Gasteiger partial charge in [-0.1, -0.05) is 11.3 Å². The fourth-order valence-electron chi connectivity index (χ4n) is 2.77. The highest BCUT2D eigenvalue weighted by molar-refractivity contribution is 6.23. The largest absolute Gasteiger partial charge is 0.395 e. The molecule has 0 aliphatic carbocycles. The summed E-state index contributed by atoms with van der Waals surface area (Å²) < 4.78 is 0. The molecule has 1 fully saturated rings. The van der Waals surface area contributed by atoms with Crippen molar-refractivity contribution >= 4 is 17.5 Å². The van der Waals surface area contributed by atoms with Gasteiger partial charge in [-0.25, -0.2) is 9.74 Å². The molecular weight excluding hydrogens is 302 g/mol. The van der Waals surface area contributed by atoms with E-state index in [1.165, 1.54) is 0 Å². The second-order valence-electron chi connectivity index (χ2n) is 5.54. The van der Waals surface area contributed by atoms with Gasteiger partial charge in [-0.3, -0.25) is 14.4 Å². The summed E-state index contributed by atoms with van der Waals surface area (Å²) in [5.74, 6) is -0.741. The van der Waals surface area contributed by atoms with Gasteiger partial charge >= 0.3 is 0 Å². The molecule has 1 saturated heterocycles. The Bertz CT molecular complexity index is 632. The van der Waals surface area contributed by atoms with Crippen LogP contribution in [-0.2, 0) is 9.68 Å². The number of carbonyl (C=O) groups excluding carboxylic acids is 2. The minimum Gasteiger partial charge on any atom is -0.395 e.